The molecule has 0 atom stereocenters. The smallest absolute Gasteiger partial charge is 0.251 e. The van der Waals surface area contributed by atoms with Crippen LogP contribution in [0.2, 0.25) is 5.02 Å². The maximum absolute atomic E-state index is 11.9. The lowest BCUT2D eigenvalue weighted by Crippen LogP contribution is -2.20. The van der Waals surface area contributed by atoms with E-state index in [1.807, 2.05) is 30.3 Å². The molecule has 21 heavy (non-hydrogen) atoms. The highest BCUT2D eigenvalue weighted by Gasteiger charge is 2.20. The van der Waals surface area contributed by atoms with Gasteiger partial charge in [-0.1, -0.05) is 35.9 Å². The second kappa shape index (κ2) is 5.84. The summed E-state index contributed by atoms with van der Waals surface area (Å²) in [4.78, 5) is 13.0. The summed E-state index contributed by atoms with van der Waals surface area (Å²) >= 11 is 7.58. The number of nitrogens with two attached hydrogens (primary N) is 1. The highest BCUT2D eigenvalue weighted by atomic mass is 35.5. The van der Waals surface area contributed by atoms with Gasteiger partial charge in [-0.25, -0.2) is 0 Å². The van der Waals surface area contributed by atoms with Crippen LogP contribution in [0.3, 0.4) is 0 Å². The Kier molecular flexibility index (Phi) is 3.90. The van der Waals surface area contributed by atoms with Crippen LogP contribution in [0.5, 0.6) is 0 Å². The van der Waals surface area contributed by atoms with Crippen LogP contribution >= 0.6 is 23.4 Å². The molecule has 1 heterocycles. The minimum Gasteiger partial charge on any atom is -0.366 e. The van der Waals surface area contributed by atoms with E-state index in [1.54, 1.807) is 23.9 Å². The van der Waals surface area contributed by atoms with Gasteiger partial charge in [-0.05, 0) is 29.8 Å². The van der Waals surface area contributed by atoms with E-state index >= 15 is 0 Å². The van der Waals surface area contributed by atoms with Crippen LogP contribution in [-0.2, 0) is 4.79 Å². The van der Waals surface area contributed by atoms with Gasteiger partial charge in [0.25, 0.3) is 5.91 Å². The summed E-state index contributed by atoms with van der Waals surface area (Å²) in [5.74, 6) is 0.234. The van der Waals surface area contributed by atoms with Crippen molar-refractivity contribution in [3.8, 4) is 0 Å². The predicted octanol–water partition coefficient (Wildman–Crippen LogP) is 3.75. The number of thioether (sulfide) groups is 1. The average molecular weight is 317 g/mol. The summed E-state index contributed by atoms with van der Waals surface area (Å²) in [5.41, 5.74) is 8.68. The molecule has 0 aromatic heterocycles. The van der Waals surface area contributed by atoms with Crippen LogP contribution in [0.1, 0.15) is 5.56 Å². The monoisotopic (exact) mass is 316 g/mol. The fourth-order valence-electron chi connectivity index (χ4n) is 2.26. The van der Waals surface area contributed by atoms with Crippen molar-refractivity contribution in [2.75, 3.05) is 11.1 Å². The number of para-hydroxylation sites is 1. The first kappa shape index (κ1) is 14.0. The van der Waals surface area contributed by atoms with Gasteiger partial charge in [0.15, 0.2) is 0 Å². The second-order valence-corrected chi connectivity index (χ2v) is 6.09. The van der Waals surface area contributed by atoms with Crippen LogP contribution in [0, 0.1) is 0 Å². The van der Waals surface area contributed by atoms with E-state index in [0.717, 1.165) is 16.9 Å². The lowest BCUT2D eigenvalue weighted by molar-refractivity contribution is -0.112. The van der Waals surface area contributed by atoms with Crippen molar-refractivity contribution >= 4 is 40.5 Å². The SMILES string of the molecule is NC(=O)/C(=C1\CSc2ccccc2N1)c1ccc(Cl)cc1. The van der Waals surface area contributed by atoms with Gasteiger partial charge in [0.1, 0.15) is 0 Å². The summed E-state index contributed by atoms with van der Waals surface area (Å²) < 4.78 is 0. The zero-order valence-corrected chi connectivity index (χ0v) is 12.7. The molecule has 0 spiro atoms. The Bertz CT molecular complexity index is 725. The number of primary amides is 1. The molecule has 1 amide bonds. The molecule has 3 rings (SSSR count). The largest absolute Gasteiger partial charge is 0.366 e. The van der Waals surface area contributed by atoms with Gasteiger partial charge in [-0.2, -0.15) is 0 Å². The summed E-state index contributed by atoms with van der Waals surface area (Å²) in [6.07, 6.45) is 0. The number of nitrogens with one attached hydrogen (secondary N) is 1. The molecule has 2 aromatic carbocycles. The Labute approximate surface area is 132 Å². The molecular formula is C16H13ClN2OS. The number of benzene rings is 2. The van der Waals surface area contributed by atoms with Crippen LogP contribution in [0.4, 0.5) is 5.69 Å². The number of amides is 1. The third-order valence-corrected chi connectivity index (χ3v) is 4.58. The van der Waals surface area contributed by atoms with Gasteiger partial charge in [0.2, 0.25) is 0 Å². The normalized spacial score (nSPS) is 15.9. The number of hydrogen-bond donors (Lipinski definition) is 2. The molecular weight excluding hydrogens is 304 g/mol. The first-order valence-electron chi connectivity index (χ1n) is 6.43. The van der Waals surface area contributed by atoms with E-state index in [0.29, 0.717) is 16.3 Å². The average Bonchev–Trinajstić information content (AvgIpc) is 2.49. The standard InChI is InChI=1S/C16H13ClN2OS/c17-11-7-5-10(6-8-11)15(16(18)20)13-9-21-14-4-2-1-3-12(14)19-13/h1-8,19H,9H2,(H2,18,20)/b15-13+. The van der Waals surface area contributed by atoms with Crippen LogP contribution in [-0.4, -0.2) is 11.7 Å². The highest BCUT2D eigenvalue weighted by molar-refractivity contribution is 7.99. The maximum Gasteiger partial charge on any atom is 0.251 e. The number of hydrogen-bond acceptors (Lipinski definition) is 3. The van der Waals surface area contributed by atoms with Gasteiger partial charge in [0, 0.05) is 21.4 Å². The van der Waals surface area contributed by atoms with E-state index in [-0.39, 0.29) is 0 Å². The molecule has 0 radical (unpaired) electrons. The van der Waals surface area contributed by atoms with E-state index < -0.39 is 5.91 Å². The quantitative estimate of drug-likeness (QED) is 0.830. The second-order valence-electron chi connectivity index (χ2n) is 4.63. The first-order chi connectivity index (χ1) is 10.1. The van der Waals surface area contributed by atoms with Crippen LogP contribution in [0.15, 0.2) is 59.1 Å². The van der Waals surface area contributed by atoms with Gasteiger partial charge < -0.3 is 11.1 Å². The Balaban J connectivity index is 2.05. The third kappa shape index (κ3) is 2.91. The fourth-order valence-corrected chi connectivity index (χ4v) is 3.35. The number of rotatable bonds is 2. The molecule has 0 fully saturated rings. The van der Waals surface area contributed by atoms with Crippen LogP contribution < -0.4 is 11.1 Å². The minimum atomic E-state index is -0.445. The highest BCUT2D eigenvalue weighted by Crippen LogP contribution is 2.36. The van der Waals surface area contributed by atoms with Crippen molar-refractivity contribution < 1.29 is 4.79 Å². The number of fused-ring (bicyclic) bond motifs is 1. The zero-order valence-electron chi connectivity index (χ0n) is 11.1. The zero-order chi connectivity index (χ0) is 14.8. The third-order valence-electron chi connectivity index (χ3n) is 3.23. The Morgan fingerprint density at radius 2 is 1.86 bits per heavy atom. The van der Waals surface area contributed by atoms with Crippen molar-refractivity contribution in [3.05, 3.63) is 64.8 Å². The Hall–Kier alpha value is -1.91. The lowest BCUT2D eigenvalue weighted by Gasteiger charge is -2.22. The van der Waals surface area contributed by atoms with Gasteiger partial charge in [0.05, 0.1) is 11.3 Å². The van der Waals surface area contributed by atoms with E-state index in [1.165, 1.54) is 4.90 Å². The molecule has 1 aliphatic heterocycles. The molecule has 3 N–H and O–H groups in total. The lowest BCUT2D eigenvalue weighted by atomic mass is 10.0. The molecule has 0 saturated carbocycles. The first-order valence-corrected chi connectivity index (χ1v) is 7.79. The number of carbonyl (C=O) groups is 1. The topological polar surface area (TPSA) is 55.1 Å². The van der Waals surface area contributed by atoms with Crippen molar-refractivity contribution in [2.24, 2.45) is 5.73 Å². The number of anilines is 1. The molecule has 0 bridgehead atoms. The predicted molar refractivity (Wildman–Crippen MR) is 88.4 cm³/mol. The Morgan fingerprint density at radius 1 is 1.14 bits per heavy atom. The summed E-state index contributed by atoms with van der Waals surface area (Å²) in [6.45, 7) is 0. The summed E-state index contributed by atoms with van der Waals surface area (Å²) in [7, 11) is 0. The van der Waals surface area contributed by atoms with Crippen molar-refractivity contribution in [1.82, 2.24) is 0 Å². The van der Waals surface area contributed by atoms with E-state index in [9.17, 15) is 4.79 Å². The molecule has 106 valence electrons. The molecule has 0 unspecified atom stereocenters. The summed E-state index contributed by atoms with van der Waals surface area (Å²) in [6, 6.07) is 15.1. The molecule has 2 aromatic rings. The number of halogens is 1. The van der Waals surface area contributed by atoms with Crippen molar-refractivity contribution in [3.63, 3.8) is 0 Å². The van der Waals surface area contributed by atoms with E-state index in [2.05, 4.69) is 11.4 Å². The van der Waals surface area contributed by atoms with Gasteiger partial charge in [-0.3, -0.25) is 4.79 Å². The fraction of sp³-hybridized carbons (Fsp3) is 0.0625. The van der Waals surface area contributed by atoms with Crippen molar-refractivity contribution in [1.29, 1.82) is 0 Å². The maximum atomic E-state index is 11.9. The molecule has 0 saturated heterocycles. The summed E-state index contributed by atoms with van der Waals surface area (Å²) in [5, 5.41) is 3.95. The number of carbonyl (C=O) groups excluding carboxylic acids is 1. The van der Waals surface area contributed by atoms with Crippen LogP contribution in [0.25, 0.3) is 5.57 Å². The minimum absolute atomic E-state index is 0.445. The van der Waals surface area contributed by atoms with Crippen molar-refractivity contribution in [2.45, 2.75) is 4.90 Å². The molecule has 1 aliphatic rings. The van der Waals surface area contributed by atoms with Gasteiger partial charge >= 0.3 is 0 Å². The molecule has 0 aliphatic carbocycles. The Morgan fingerprint density at radius 3 is 2.57 bits per heavy atom. The van der Waals surface area contributed by atoms with E-state index in [4.69, 9.17) is 17.3 Å². The molecule has 3 nitrogen and oxygen atoms in total. The molecule has 5 heteroatoms. The van der Waals surface area contributed by atoms with Gasteiger partial charge in [-0.15, -0.1) is 11.8 Å².